The van der Waals surface area contributed by atoms with Crippen LogP contribution in [0.2, 0.25) is 0 Å². The molecule has 0 aliphatic carbocycles. The van der Waals surface area contributed by atoms with Crippen LogP contribution >= 0.6 is 0 Å². The van der Waals surface area contributed by atoms with Gasteiger partial charge in [-0.05, 0) is 30.3 Å². The van der Waals surface area contributed by atoms with Gasteiger partial charge in [0.2, 0.25) is 6.79 Å². The van der Waals surface area contributed by atoms with E-state index in [0.29, 0.717) is 28.4 Å². The molecule has 1 aliphatic heterocycles. The van der Waals surface area contributed by atoms with E-state index >= 15 is 0 Å². The van der Waals surface area contributed by atoms with Crippen LogP contribution in [0.4, 0.5) is 11.4 Å². The molecule has 0 radical (unpaired) electrons. The Morgan fingerprint density at radius 3 is 2.37 bits per heavy atom. The van der Waals surface area contributed by atoms with Gasteiger partial charge in [0, 0.05) is 23.0 Å². The molecule has 2 N–H and O–H groups in total. The number of anilines is 2. The number of hydrogen-bond donors (Lipinski definition) is 2. The van der Waals surface area contributed by atoms with Crippen molar-refractivity contribution >= 4 is 17.3 Å². The molecule has 0 aromatic heterocycles. The van der Waals surface area contributed by atoms with Gasteiger partial charge in [0.1, 0.15) is 23.9 Å². The Morgan fingerprint density at radius 2 is 1.63 bits per heavy atom. The highest BCUT2D eigenvalue weighted by atomic mass is 16.7. The van der Waals surface area contributed by atoms with E-state index in [2.05, 4.69) is 10.6 Å². The minimum Gasteiger partial charge on any atom is -0.454 e. The van der Waals surface area contributed by atoms with Gasteiger partial charge in [0.15, 0.2) is 17.1 Å². The van der Waals surface area contributed by atoms with Crippen molar-refractivity contribution in [2.45, 2.75) is 0 Å². The lowest BCUT2D eigenvalue weighted by atomic mass is 10.1. The second kappa shape index (κ2) is 7.60. The Hall–Kier alpha value is -4.48. The lowest BCUT2D eigenvalue weighted by Crippen LogP contribution is -2.12. The molecule has 1 amide bonds. The Labute approximate surface area is 154 Å². The fourth-order valence-electron chi connectivity index (χ4n) is 2.34. The van der Waals surface area contributed by atoms with E-state index in [1.54, 1.807) is 54.6 Å². The SMILES string of the molecule is N#CC(C#N)=C(C#N)Nc1cccc(C(=O)Nc2ccc3c(c2)OCO3)c1. The Balaban J connectivity index is 1.78. The first-order valence-electron chi connectivity index (χ1n) is 7.67. The number of nitrogens with one attached hydrogen (secondary N) is 2. The number of hydrogen-bond acceptors (Lipinski definition) is 7. The molecule has 8 nitrogen and oxygen atoms in total. The van der Waals surface area contributed by atoms with Crippen LogP contribution in [0.3, 0.4) is 0 Å². The number of rotatable bonds is 4. The smallest absolute Gasteiger partial charge is 0.255 e. The quantitative estimate of drug-likeness (QED) is 0.804. The van der Waals surface area contributed by atoms with Crippen molar-refractivity contribution in [1.82, 2.24) is 0 Å². The number of nitriles is 3. The predicted molar refractivity (Wildman–Crippen MR) is 94.4 cm³/mol. The molecular formula is C19H11N5O3. The molecule has 3 rings (SSSR count). The van der Waals surface area contributed by atoms with Gasteiger partial charge < -0.3 is 20.1 Å². The van der Waals surface area contributed by atoms with E-state index in [4.69, 9.17) is 25.3 Å². The van der Waals surface area contributed by atoms with Crippen LogP contribution in [0.1, 0.15) is 10.4 Å². The second-order valence-corrected chi connectivity index (χ2v) is 5.31. The summed E-state index contributed by atoms with van der Waals surface area (Å²) in [5.41, 5.74) is 0.732. The van der Waals surface area contributed by atoms with Gasteiger partial charge in [-0.3, -0.25) is 4.79 Å². The third kappa shape index (κ3) is 3.79. The van der Waals surface area contributed by atoms with Gasteiger partial charge in [0.05, 0.1) is 0 Å². The standard InChI is InChI=1S/C19H11N5O3/c20-8-13(9-21)16(10-22)23-14-3-1-2-12(6-14)19(25)24-15-4-5-17-18(7-15)27-11-26-17/h1-7,23H,11H2,(H,24,25). The molecule has 1 heterocycles. The molecule has 0 saturated heterocycles. The zero-order valence-corrected chi connectivity index (χ0v) is 13.8. The molecule has 2 aromatic rings. The molecule has 0 spiro atoms. The number of ether oxygens (including phenoxy) is 2. The summed E-state index contributed by atoms with van der Waals surface area (Å²) in [6.45, 7) is 0.141. The van der Waals surface area contributed by atoms with Crippen molar-refractivity contribution in [1.29, 1.82) is 15.8 Å². The zero-order chi connectivity index (χ0) is 19.2. The molecule has 0 fully saturated rings. The zero-order valence-electron chi connectivity index (χ0n) is 13.8. The lowest BCUT2D eigenvalue weighted by Gasteiger charge is -2.09. The number of allylic oxidation sites excluding steroid dienone is 2. The van der Waals surface area contributed by atoms with Crippen LogP contribution in [-0.2, 0) is 0 Å². The Morgan fingerprint density at radius 1 is 0.889 bits per heavy atom. The summed E-state index contributed by atoms with van der Waals surface area (Å²) in [6, 6.07) is 16.4. The summed E-state index contributed by atoms with van der Waals surface area (Å²) in [6.07, 6.45) is 0. The topological polar surface area (TPSA) is 131 Å². The largest absolute Gasteiger partial charge is 0.454 e. The van der Waals surface area contributed by atoms with Crippen molar-refractivity contribution in [3.05, 3.63) is 59.3 Å². The minimum absolute atomic E-state index is 0.141. The maximum atomic E-state index is 12.5. The maximum absolute atomic E-state index is 12.5. The number of fused-ring (bicyclic) bond motifs is 1. The van der Waals surface area contributed by atoms with Crippen molar-refractivity contribution in [3.63, 3.8) is 0 Å². The fourth-order valence-corrected chi connectivity index (χ4v) is 2.34. The number of carbonyl (C=O) groups is 1. The first-order chi connectivity index (χ1) is 13.1. The Kier molecular flexibility index (Phi) is 4.89. The van der Waals surface area contributed by atoms with Crippen LogP contribution in [0.5, 0.6) is 11.5 Å². The van der Waals surface area contributed by atoms with E-state index in [0.717, 1.165) is 0 Å². The van der Waals surface area contributed by atoms with E-state index < -0.39 is 0 Å². The van der Waals surface area contributed by atoms with Gasteiger partial charge in [-0.15, -0.1) is 0 Å². The van der Waals surface area contributed by atoms with Crippen LogP contribution in [0, 0.1) is 34.0 Å². The third-order valence-corrected chi connectivity index (χ3v) is 3.61. The van der Waals surface area contributed by atoms with E-state index in [1.165, 1.54) is 6.07 Å². The molecule has 0 bridgehead atoms. The maximum Gasteiger partial charge on any atom is 0.255 e. The normalized spacial score (nSPS) is 10.7. The van der Waals surface area contributed by atoms with E-state index in [9.17, 15) is 4.79 Å². The molecule has 8 heteroatoms. The summed E-state index contributed by atoms with van der Waals surface area (Å²) >= 11 is 0. The second-order valence-electron chi connectivity index (χ2n) is 5.31. The Bertz CT molecular complexity index is 1050. The molecule has 2 aromatic carbocycles. The predicted octanol–water partition coefficient (Wildman–Crippen LogP) is 2.90. The van der Waals surface area contributed by atoms with Crippen LogP contribution in [-0.4, -0.2) is 12.7 Å². The molecule has 1 aliphatic rings. The summed E-state index contributed by atoms with van der Waals surface area (Å²) < 4.78 is 10.5. The van der Waals surface area contributed by atoms with Crippen molar-refractivity contribution < 1.29 is 14.3 Å². The van der Waals surface area contributed by atoms with Gasteiger partial charge in [-0.25, -0.2) is 0 Å². The van der Waals surface area contributed by atoms with Crippen molar-refractivity contribution in [2.75, 3.05) is 17.4 Å². The molecular weight excluding hydrogens is 346 g/mol. The first kappa shape index (κ1) is 17.3. The van der Waals surface area contributed by atoms with Gasteiger partial charge in [0.25, 0.3) is 5.91 Å². The van der Waals surface area contributed by atoms with E-state index in [1.807, 2.05) is 0 Å². The highest BCUT2D eigenvalue weighted by Crippen LogP contribution is 2.34. The highest BCUT2D eigenvalue weighted by Gasteiger charge is 2.15. The van der Waals surface area contributed by atoms with Gasteiger partial charge >= 0.3 is 0 Å². The van der Waals surface area contributed by atoms with Crippen LogP contribution in [0.15, 0.2) is 53.7 Å². The van der Waals surface area contributed by atoms with Crippen LogP contribution in [0.25, 0.3) is 0 Å². The summed E-state index contributed by atoms with van der Waals surface area (Å²) in [7, 11) is 0. The summed E-state index contributed by atoms with van der Waals surface area (Å²) in [4.78, 5) is 12.5. The molecule has 130 valence electrons. The van der Waals surface area contributed by atoms with Crippen molar-refractivity contribution in [3.8, 4) is 29.7 Å². The lowest BCUT2D eigenvalue weighted by molar-refractivity contribution is 0.102. The van der Waals surface area contributed by atoms with E-state index in [-0.39, 0.29) is 24.0 Å². The molecule has 0 saturated carbocycles. The molecule has 0 atom stereocenters. The van der Waals surface area contributed by atoms with Crippen LogP contribution < -0.4 is 20.1 Å². The van der Waals surface area contributed by atoms with Gasteiger partial charge in [-0.2, -0.15) is 15.8 Å². The number of benzene rings is 2. The average molecular weight is 357 g/mol. The number of carbonyl (C=O) groups excluding carboxylic acids is 1. The van der Waals surface area contributed by atoms with Crippen molar-refractivity contribution in [2.24, 2.45) is 0 Å². The molecule has 0 unspecified atom stereocenters. The van der Waals surface area contributed by atoms with Gasteiger partial charge in [-0.1, -0.05) is 6.07 Å². The molecule has 27 heavy (non-hydrogen) atoms. The monoisotopic (exact) mass is 357 g/mol. The summed E-state index contributed by atoms with van der Waals surface area (Å²) in [5, 5.41) is 32.3. The highest BCUT2D eigenvalue weighted by molar-refractivity contribution is 6.05. The minimum atomic E-state index is -0.374. The fraction of sp³-hybridized carbons (Fsp3) is 0.0526. The summed E-state index contributed by atoms with van der Waals surface area (Å²) in [5.74, 6) is 0.786. The number of nitrogens with zero attached hydrogens (tertiary/aromatic N) is 3. The number of amides is 1. The third-order valence-electron chi connectivity index (χ3n) is 3.61. The average Bonchev–Trinajstić information content (AvgIpc) is 3.16. The first-order valence-corrected chi connectivity index (χ1v) is 7.67.